The quantitative estimate of drug-likeness (QED) is 0.449. The molecule has 3 atom stereocenters. The van der Waals surface area contributed by atoms with Crippen molar-refractivity contribution < 1.29 is 58.9 Å². The molecule has 0 bridgehead atoms. The summed E-state index contributed by atoms with van der Waals surface area (Å²) in [4.78, 5) is 12.6. The minimum Gasteiger partial charge on any atom is -0.390 e. The van der Waals surface area contributed by atoms with Crippen molar-refractivity contribution in [1.29, 1.82) is 0 Å². The summed E-state index contributed by atoms with van der Waals surface area (Å²) in [7, 11) is -4.60. The van der Waals surface area contributed by atoms with Crippen LogP contribution in [0.1, 0.15) is 36.8 Å². The molecule has 1 fully saturated rings. The first-order valence-corrected chi connectivity index (χ1v) is 14.0. The number of alkyl halides is 6. The van der Waals surface area contributed by atoms with E-state index in [-0.39, 0.29) is 43.5 Å². The predicted molar refractivity (Wildman–Crippen MR) is 130 cm³/mol. The lowest BCUT2D eigenvalue weighted by Gasteiger charge is -2.39. The lowest BCUT2D eigenvalue weighted by Crippen LogP contribution is -2.54. The number of aliphatic hydroxyl groups is 2. The number of halogens is 7. The Morgan fingerprint density at radius 3 is 2.20 bits per heavy atom. The van der Waals surface area contributed by atoms with E-state index >= 15 is 0 Å². The fourth-order valence-corrected chi connectivity index (χ4v) is 6.94. The van der Waals surface area contributed by atoms with Crippen LogP contribution in [-0.4, -0.2) is 62.1 Å². The first kappa shape index (κ1) is 31.2. The van der Waals surface area contributed by atoms with E-state index in [0.29, 0.717) is 25.2 Å². The van der Waals surface area contributed by atoms with E-state index in [0.717, 1.165) is 34.6 Å². The second kappa shape index (κ2) is 11.2. The Bertz CT molecular complexity index is 1360. The number of anilines is 1. The molecule has 226 valence electrons. The number of sulfonamides is 1. The third kappa shape index (κ3) is 5.94. The van der Waals surface area contributed by atoms with Crippen molar-refractivity contribution in [3.8, 4) is 0 Å². The van der Waals surface area contributed by atoms with Crippen molar-refractivity contribution in [3.05, 3.63) is 59.4 Å². The average Bonchev–Trinajstić information content (AvgIpc) is 2.88. The molecule has 2 aromatic carbocycles. The minimum absolute atomic E-state index is 0.0321. The highest BCUT2D eigenvalue weighted by Crippen LogP contribution is 2.51. The number of ketones is 1. The summed E-state index contributed by atoms with van der Waals surface area (Å²) in [6.45, 7) is 0.353. The number of ether oxygens (including phenoxy) is 1. The summed E-state index contributed by atoms with van der Waals surface area (Å²) in [6.07, 6.45) is -13.6. The van der Waals surface area contributed by atoms with Gasteiger partial charge in [0.25, 0.3) is 15.6 Å². The third-order valence-corrected chi connectivity index (χ3v) is 9.30. The van der Waals surface area contributed by atoms with Crippen LogP contribution in [0.2, 0.25) is 0 Å². The van der Waals surface area contributed by atoms with Crippen molar-refractivity contribution in [2.24, 2.45) is 5.92 Å². The van der Waals surface area contributed by atoms with E-state index in [2.05, 4.69) is 0 Å². The molecule has 0 aromatic heterocycles. The van der Waals surface area contributed by atoms with Crippen molar-refractivity contribution in [2.45, 2.75) is 67.1 Å². The molecule has 2 aromatic rings. The maximum Gasteiger partial charge on any atom is 0.430 e. The van der Waals surface area contributed by atoms with Gasteiger partial charge in [0.05, 0.1) is 29.3 Å². The van der Waals surface area contributed by atoms with Gasteiger partial charge in [-0.2, -0.15) is 26.3 Å². The number of Topliss-reactive ketones (excluding diaryl/α,β-unsaturated/α-hetero) is 1. The van der Waals surface area contributed by atoms with Gasteiger partial charge in [-0.3, -0.25) is 9.10 Å². The Labute approximate surface area is 230 Å². The van der Waals surface area contributed by atoms with Crippen LogP contribution in [0, 0.1) is 11.7 Å². The molecule has 7 nitrogen and oxygen atoms in total. The monoisotopic (exact) mass is 613 g/mol. The Hall–Kier alpha value is -2.75. The number of rotatable bonds is 7. The number of aryl methyl sites for hydroxylation is 1. The van der Waals surface area contributed by atoms with Crippen molar-refractivity contribution in [1.82, 2.24) is 0 Å². The van der Waals surface area contributed by atoms with Crippen molar-refractivity contribution in [3.63, 3.8) is 0 Å². The number of fused-ring (bicyclic) bond motifs is 1. The Balaban J connectivity index is 1.75. The molecular weight excluding hydrogens is 587 g/mol. The van der Waals surface area contributed by atoms with Crippen LogP contribution in [0.4, 0.5) is 36.4 Å². The SMILES string of the molecule is O=C(C[C@@H]1CCOC[C@H]1O)C[C@@H]1CCc2cc(C(O)(C(F)(F)F)C(F)(F)F)ccc2N1S(=O)(=O)c1ccc(F)cc1. The van der Waals surface area contributed by atoms with Gasteiger partial charge in [-0.15, -0.1) is 0 Å². The molecule has 2 aliphatic rings. The molecule has 0 spiro atoms. The molecular formula is C26H26F7NO6S. The Morgan fingerprint density at radius 1 is 0.976 bits per heavy atom. The Morgan fingerprint density at radius 2 is 1.61 bits per heavy atom. The number of carbonyl (C=O) groups is 1. The fourth-order valence-electron chi connectivity index (χ4n) is 5.22. The zero-order chi connectivity index (χ0) is 30.4. The molecule has 2 heterocycles. The molecule has 0 saturated carbocycles. The fraction of sp³-hybridized carbons (Fsp3) is 0.500. The zero-order valence-electron chi connectivity index (χ0n) is 21.3. The smallest absolute Gasteiger partial charge is 0.390 e. The van der Waals surface area contributed by atoms with E-state index in [9.17, 15) is 54.2 Å². The van der Waals surface area contributed by atoms with Crippen LogP contribution in [0.5, 0.6) is 0 Å². The summed E-state index contributed by atoms with van der Waals surface area (Å²) in [6, 6.07) is 4.05. The Kier molecular flexibility index (Phi) is 8.48. The van der Waals surface area contributed by atoms with Gasteiger partial charge in [0.1, 0.15) is 11.6 Å². The molecule has 2 aliphatic heterocycles. The van der Waals surface area contributed by atoms with Gasteiger partial charge in [-0.1, -0.05) is 12.1 Å². The maximum absolute atomic E-state index is 13.7. The first-order valence-electron chi connectivity index (χ1n) is 12.5. The molecule has 0 amide bonds. The highest BCUT2D eigenvalue weighted by molar-refractivity contribution is 7.92. The van der Waals surface area contributed by atoms with Crippen LogP contribution < -0.4 is 4.31 Å². The molecule has 41 heavy (non-hydrogen) atoms. The van der Waals surface area contributed by atoms with Gasteiger partial charge < -0.3 is 14.9 Å². The summed E-state index contributed by atoms with van der Waals surface area (Å²) in [5.74, 6) is -1.60. The minimum atomic E-state index is -6.14. The lowest BCUT2D eigenvalue weighted by atomic mass is 9.86. The molecule has 0 unspecified atom stereocenters. The van der Waals surface area contributed by atoms with E-state index < -0.39 is 68.1 Å². The molecule has 1 saturated heterocycles. The predicted octanol–water partition coefficient (Wildman–Crippen LogP) is 4.39. The number of aliphatic hydroxyl groups excluding tert-OH is 1. The van der Waals surface area contributed by atoms with E-state index in [1.807, 2.05) is 0 Å². The van der Waals surface area contributed by atoms with Crippen molar-refractivity contribution in [2.75, 3.05) is 17.5 Å². The number of benzene rings is 2. The molecule has 2 N–H and O–H groups in total. The summed E-state index contributed by atoms with van der Waals surface area (Å²) < 4.78 is 128. The van der Waals surface area contributed by atoms with Crippen molar-refractivity contribution >= 4 is 21.5 Å². The maximum atomic E-state index is 13.7. The van der Waals surface area contributed by atoms with Crippen LogP contribution in [0.3, 0.4) is 0 Å². The summed E-state index contributed by atoms with van der Waals surface area (Å²) in [5.41, 5.74) is -7.27. The third-order valence-electron chi connectivity index (χ3n) is 7.42. The highest BCUT2D eigenvalue weighted by atomic mass is 32.2. The number of hydrogen-bond acceptors (Lipinski definition) is 6. The largest absolute Gasteiger partial charge is 0.430 e. The van der Waals surface area contributed by atoms with Gasteiger partial charge in [-0.25, -0.2) is 12.8 Å². The van der Waals surface area contributed by atoms with Crippen LogP contribution in [0.15, 0.2) is 47.4 Å². The van der Waals surface area contributed by atoms with E-state index in [4.69, 9.17) is 4.74 Å². The number of carbonyl (C=O) groups excluding carboxylic acids is 1. The summed E-state index contributed by atoms with van der Waals surface area (Å²) in [5, 5.41) is 20.0. The molecule has 0 radical (unpaired) electrons. The topological polar surface area (TPSA) is 104 Å². The van der Waals surface area contributed by atoms with Crippen LogP contribution >= 0.6 is 0 Å². The summed E-state index contributed by atoms with van der Waals surface area (Å²) >= 11 is 0. The normalized spacial score (nSPS) is 22.4. The standard InChI is InChI=1S/C26H26F7NO6S/c27-18-3-6-21(7-4-18)41(38,39)34-19(13-20(35)12-16-9-10-40-14-23(16)36)5-1-15-11-17(2-8-22(15)34)24(37,25(28,29)30)26(31,32)33/h2-4,6-8,11,16,19,23,36-37H,1,5,9-10,12-14H2/t16-,19-,23+/m0/s1. The van der Waals surface area contributed by atoms with E-state index in [1.165, 1.54) is 0 Å². The second-order valence-corrected chi connectivity index (χ2v) is 11.9. The zero-order valence-corrected chi connectivity index (χ0v) is 22.1. The van der Waals surface area contributed by atoms with Gasteiger partial charge >= 0.3 is 12.4 Å². The number of nitrogens with zero attached hydrogens (tertiary/aromatic N) is 1. The van der Waals surface area contributed by atoms with Crippen LogP contribution in [-0.2, 0) is 31.6 Å². The lowest BCUT2D eigenvalue weighted by molar-refractivity contribution is -0.376. The highest BCUT2D eigenvalue weighted by Gasteiger charge is 2.71. The molecule has 15 heteroatoms. The first-order chi connectivity index (χ1) is 19.0. The van der Waals surface area contributed by atoms with Gasteiger partial charge in [-0.05, 0) is 61.1 Å². The average molecular weight is 614 g/mol. The van der Waals surface area contributed by atoms with E-state index in [1.54, 1.807) is 0 Å². The molecule has 0 aliphatic carbocycles. The van der Waals surface area contributed by atoms with Gasteiger partial charge in [0.15, 0.2) is 0 Å². The van der Waals surface area contributed by atoms with Gasteiger partial charge in [0.2, 0.25) is 0 Å². The molecule has 4 rings (SSSR count). The number of hydrogen-bond donors (Lipinski definition) is 2. The van der Waals surface area contributed by atoms with Gasteiger partial charge in [0, 0.05) is 25.0 Å². The second-order valence-electron chi connectivity index (χ2n) is 10.1. The van der Waals surface area contributed by atoms with Crippen LogP contribution in [0.25, 0.3) is 0 Å².